The first kappa shape index (κ1) is 5.77. The van der Waals surface area contributed by atoms with Gasteiger partial charge in [-0.05, 0) is 0 Å². The van der Waals surface area contributed by atoms with Gasteiger partial charge < -0.3 is 4.98 Å². The Labute approximate surface area is 51.5 Å². The molecule has 48 valence electrons. The first-order valence-electron chi connectivity index (χ1n) is 2.32. The van der Waals surface area contributed by atoms with Crippen molar-refractivity contribution in [3.05, 3.63) is 12.5 Å². The third kappa shape index (κ3) is 1.06. The van der Waals surface area contributed by atoms with Crippen LogP contribution in [-0.2, 0) is 4.79 Å². The minimum atomic E-state index is 0.477. The predicted octanol–water partition coefficient (Wildman–Crippen LogP) is -0.754. The van der Waals surface area contributed by atoms with Gasteiger partial charge in [0, 0.05) is 0 Å². The number of hydrogen-bond acceptors (Lipinski definition) is 3. The number of carbonyl (C=O) groups excluding carboxylic acids is 1. The van der Waals surface area contributed by atoms with Crippen LogP contribution in [0, 0.1) is 0 Å². The molecule has 0 aromatic carbocycles. The maximum absolute atomic E-state index is 9.96. The zero-order valence-corrected chi connectivity index (χ0v) is 4.61. The van der Waals surface area contributed by atoms with Crippen molar-refractivity contribution in [1.29, 1.82) is 0 Å². The monoisotopic (exact) mass is 126 g/mol. The van der Waals surface area contributed by atoms with Crippen molar-refractivity contribution >= 4 is 12.2 Å². The number of carbonyl (C=O) groups is 1. The summed E-state index contributed by atoms with van der Waals surface area (Å²) in [5.74, 6) is 5.61. The number of aromatic nitrogens is 2. The van der Waals surface area contributed by atoms with Crippen LogP contribution in [0.2, 0.25) is 0 Å². The smallest absolute Gasteiger partial charge is 0.229 e. The lowest BCUT2D eigenvalue weighted by Crippen LogP contribution is -2.28. The summed E-state index contributed by atoms with van der Waals surface area (Å²) < 4.78 is 0. The van der Waals surface area contributed by atoms with E-state index in [0.29, 0.717) is 12.2 Å². The van der Waals surface area contributed by atoms with Gasteiger partial charge in [0.1, 0.15) is 5.82 Å². The van der Waals surface area contributed by atoms with Crippen molar-refractivity contribution in [2.24, 2.45) is 5.84 Å². The molecule has 0 radical (unpaired) electrons. The molecule has 5 nitrogen and oxygen atoms in total. The van der Waals surface area contributed by atoms with Crippen LogP contribution in [0.3, 0.4) is 0 Å². The van der Waals surface area contributed by atoms with Crippen LogP contribution in [0.15, 0.2) is 12.5 Å². The number of H-pyrrole nitrogens is 1. The lowest BCUT2D eigenvalue weighted by molar-refractivity contribution is -0.107. The van der Waals surface area contributed by atoms with Gasteiger partial charge in [-0.1, -0.05) is 0 Å². The molecule has 0 aliphatic carbocycles. The molecular formula is C4H6N4O. The minimum absolute atomic E-state index is 0.477. The molecule has 1 aromatic rings. The SMILES string of the molecule is NN(C=O)c1cnc[nH]1. The highest BCUT2D eigenvalue weighted by Crippen LogP contribution is 1.98. The average Bonchev–Trinajstić information content (AvgIpc) is 2.37. The largest absolute Gasteiger partial charge is 0.330 e. The van der Waals surface area contributed by atoms with E-state index < -0.39 is 0 Å². The van der Waals surface area contributed by atoms with Gasteiger partial charge in [-0.15, -0.1) is 0 Å². The lowest BCUT2D eigenvalue weighted by Gasteiger charge is -2.03. The van der Waals surface area contributed by atoms with E-state index in [4.69, 9.17) is 5.84 Å². The van der Waals surface area contributed by atoms with E-state index in [9.17, 15) is 4.79 Å². The molecule has 1 rings (SSSR count). The molecule has 1 amide bonds. The number of nitrogens with zero attached hydrogens (tertiary/aromatic N) is 2. The van der Waals surface area contributed by atoms with Crippen molar-refractivity contribution in [3.63, 3.8) is 0 Å². The van der Waals surface area contributed by atoms with E-state index in [1.54, 1.807) is 0 Å². The van der Waals surface area contributed by atoms with E-state index >= 15 is 0 Å². The molecule has 0 fully saturated rings. The number of hydrazine groups is 1. The van der Waals surface area contributed by atoms with Crippen molar-refractivity contribution in [3.8, 4) is 0 Å². The molecular weight excluding hydrogens is 120 g/mol. The number of amides is 1. The van der Waals surface area contributed by atoms with Gasteiger partial charge in [0.25, 0.3) is 0 Å². The molecule has 3 N–H and O–H groups in total. The van der Waals surface area contributed by atoms with Crippen molar-refractivity contribution in [1.82, 2.24) is 9.97 Å². The van der Waals surface area contributed by atoms with E-state index in [2.05, 4.69) is 9.97 Å². The first-order valence-corrected chi connectivity index (χ1v) is 2.32. The quantitative estimate of drug-likeness (QED) is 0.237. The molecule has 9 heavy (non-hydrogen) atoms. The Morgan fingerprint density at radius 2 is 2.67 bits per heavy atom. The van der Waals surface area contributed by atoms with Crippen LogP contribution in [0.5, 0.6) is 0 Å². The van der Waals surface area contributed by atoms with Crippen LogP contribution >= 0.6 is 0 Å². The molecule has 0 atom stereocenters. The lowest BCUT2D eigenvalue weighted by atomic mass is 10.7. The highest BCUT2D eigenvalue weighted by atomic mass is 16.1. The molecule has 0 unspecified atom stereocenters. The molecule has 0 aliphatic rings. The van der Waals surface area contributed by atoms with Gasteiger partial charge in [0.15, 0.2) is 0 Å². The Hall–Kier alpha value is -1.36. The van der Waals surface area contributed by atoms with Crippen molar-refractivity contribution in [2.75, 3.05) is 5.01 Å². The Morgan fingerprint density at radius 3 is 3.11 bits per heavy atom. The second-order valence-corrected chi connectivity index (χ2v) is 1.45. The highest BCUT2D eigenvalue weighted by Gasteiger charge is 1.96. The number of rotatable bonds is 2. The van der Waals surface area contributed by atoms with Crippen LogP contribution in [0.25, 0.3) is 0 Å². The maximum Gasteiger partial charge on any atom is 0.229 e. The molecule has 1 heterocycles. The zero-order chi connectivity index (χ0) is 6.69. The topological polar surface area (TPSA) is 75.0 Å². The van der Waals surface area contributed by atoms with Crippen LogP contribution < -0.4 is 10.9 Å². The second-order valence-electron chi connectivity index (χ2n) is 1.45. The average molecular weight is 126 g/mol. The third-order valence-corrected chi connectivity index (χ3v) is 0.876. The summed E-state index contributed by atoms with van der Waals surface area (Å²) >= 11 is 0. The highest BCUT2D eigenvalue weighted by molar-refractivity contribution is 5.70. The maximum atomic E-state index is 9.96. The standard InChI is InChI=1S/C4H6N4O/c5-8(3-9)4-1-6-2-7-4/h1-3H,5H2,(H,6,7). The summed E-state index contributed by atoms with van der Waals surface area (Å²) in [6, 6.07) is 0. The zero-order valence-electron chi connectivity index (χ0n) is 4.61. The number of nitrogens with two attached hydrogens (primary N) is 1. The Bertz CT molecular complexity index is 182. The van der Waals surface area contributed by atoms with E-state index in [-0.39, 0.29) is 0 Å². The normalized spacial score (nSPS) is 9.00. The number of aromatic amines is 1. The molecule has 0 saturated carbocycles. The molecule has 0 spiro atoms. The van der Waals surface area contributed by atoms with E-state index in [0.717, 1.165) is 5.01 Å². The minimum Gasteiger partial charge on any atom is -0.330 e. The Balaban J connectivity index is 2.76. The Kier molecular flexibility index (Phi) is 1.46. The number of hydrogen-bond donors (Lipinski definition) is 2. The van der Waals surface area contributed by atoms with Gasteiger partial charge in [0.05, 0.1) is 12.5 Å². The molecule has 0 aliphatic heterocycles. The fourth-order valence-corrected chi connectivity index (χ4v) is 0.447. The molecule has 5 heteroatoms. The summed E-state index contributed by atoms with van der Waals surface area (Å²) in [6.45, 7) is 0. The summed E-state index contributed by atoms with van der Waals surface area (Å²) in [5.41, 5.74) is 0. The van der Waals surface area contributed by atoms with Gasteiger partial charge in [-0.3, -0.25) is 4.79 Å². The van der Waals surface area contributed by atoms with Crippen molar-refractivity contribution < 1.29 is 4.79 Å². The fraction of sp³-hybridized carbons (Fsp3) is 0. The molecule has 1 aromatic heterocycles. The van der Waals surface area contributed by atoms with Gasteiger partial charge in [-0.2, -0.15) is 0 Å². The summed E-state index contributed by atoms with van der Waals surface area (Å²) in [6.07, 6.45) is 3.39. The van der Waals surface area contributed by atoms with Gasteiger partial charge in [0.2, 0.25) is 6.41 Å². The summed E-state index contributed by atoms with van der Waals surface area (Å²) in [7, 11) is 0. The number of anilines is 1. The molecule has 0 saturated heterocycles. The predicted molar refractivity (Wildman–Crippen MR) is 31.3 cm³/mol. The Morgan fingerprint density at radius 1 is 1.89 bits per heavy atom. The third-order valence-electron chi connectivity index (χ3n) is 0.876. The van der Waals surface area contributed by atoms with Crippen LogP contribution in [0.4, 0.5) is 5.82 Å². The number of imidazole rings is 1. The van der Waals surface area contributed by atoms with Crippen LogP contribution in [-0.4, -0.2) is 16.4 Å². The number of nitrogens with one attached hydrogen (secondary N) is 1. The first-order chi connectivity index (χ1) is 4.34. The van der Waals surface area contributed by atoms with Crippen molar-refractivity contribution in [2.45, 2.75) is 0 Å². The second kappa shape index (κ2) is 2.27. The summed E-state index contributed by atoms with van der Waals surface area (Å²) in [4.78, 5) is 16.3. The van der Waals surface area contributed by atoms with Gasteiger partial charge in [-0.25, -0.2) is 15.8 Å². The summed E-state index contributed by atoms with van der Waals surface area (Å²) in [5, 5.41) is 0.910. The van der Waals surface area contributed by atoms with E-state index in [1.165, 1.54) is 12.5 Å². The fourth-order valence-electron chi connectivity index (χ4n) is 0.447. The van der Waals surface area contributed by atoms with Gasteiger partial charge >= 0.3 is 0 Å². The van der Waals surface area contributed by atoms with E-state index in [1.807, 2.05) is 0 Å². The molecule has 0 bridgehead atoms. The van der Waals surface area contributed by atoms with Crippen LogP contribution in [0.1, 0.15) is 0 Å².